The van der Waals surface area contributed by atoms with E-state index < -0.39 is 0 Å². The van der Waals surface area contributed by atoms with Crippen molar-refractivity contribution in [2.75, 3.05) is 6.79 Å². The maximum absolute atomic E-state index is 9.53. The van der Waals surface area contributed by atoms with E-state index in [0.717, 1.165) is 16.6 Å². The Hall–Kier alpha value is -2.97. The van der Waals surface area contributed by atoms with Crippen molar-refractivity contribution in [1.82, 2.24) is 9.97 Å². The maximum Gasteiger partial charge on any atom is 0.231 e. The summed E-state index contributed by atoms with van der Waals surface area (Å²) in [6.45, 7) is 2.18. The summed E-state index contributed by atoms with van der Waals surface area (Å²) in [4.78, 5) is 7.66. The fourth-order valence-corrected chi connectivity index (χ4v) is 2.81. The minimum absolute atomic E-state index is 0.173. The predicted octanol–water partition coefficient (Wildman–Crippen LogP) is 4.32. The number of hydrogen-bond acceptors (Lipinski definition) is 4. The van der Waals surface area contributed by atoms with Crippen LogP contribution >= 0.6 is 11.6 Å². The Morgan fingerprint density at radius 2 is 2.08 bits per heavy atom. The van der Waals surface area contributed by atoms with Crippen LogP contribution in [0.15, 0.2) is 30.3 Å². The van der Waals surface area contributed by atoms with Crippen LogP contribution in [0.5, 0.6) is 11.5 Å². The summed E-state index contributed by atoms with van der Waals surface area (Å²) in [5, 5.41) is 10.0. The number of nitriles is 1. The zero-order valence-corrected chi connectivity index (χ0v) is 13.5. The maximum atomic E-state index is 9.53. The molecule has 1 aliphatic heterocycles. The van der Waals surface area contributed by atoms with Gasteiger partial charge in [-0.05, 0) is 42.3 Å². The summed E-state index contributed by atoms with van der Waals surface area (Å²) in [7, 11) is 0. The molecule has 0 unspecified atom stereocenters. The Bertz CT molecular complexity index is 1030. The Labute approximate surface area is 143 Å². The third-order valence-corrected chi connectivity index (χ3v) is 4.13. The third kappa shape index (κ3) is 2.47. The molecule has 5 nitrogen and oxygen atoms in total. The number of hydrogen-bond donors (Lipinski definition) is 1. The first kappa shape index (κ1) is 14.6. The summed E-state index contributed by atoms with van der Waals surface area (Å²) in [5.74, 6) is 1.73. The molecule has 118 valence electrons. The average molecular weight is 338 g/mol. The highest BCUT2D eigenvalue weighted by atomic mass is 35.5. The highest BCUT2D eigenvalue weighted by molar-refractivity contribution is 6.32. The normalized spacial score (nSPS) is 13.3. The van der Waals surface area contributed by atoms with E-state index in [2.05, 4.69) is 16.0 Å². The molecule has 24 heavy (non-hydrogen) atoms. The average Bonchev–Trinajstić information content (AvgIpc) is 3.17. The van der Waals surface area contributed by atoms with E-state index >= 15 is 0 Å². The fourth-order valence-electron chi connectivity index (χ4n) is 2.60. The molecule has 3 aromatic rings. The van der Waals surface area contributed by atoms with Gasteiger partial charge in [-0.1, -0.05) is 17.7 Å². The lowest BCUT2D eigenvalue weighted by Crippen LogP contribution is -1.92. The van der Waals surface area contributed by atoms with E-state index in [1.54, 1.807) is 18.2 Å². The molecule has 0 saturated heterocycles. The lowest BCUT2D eigenvalue weighted by Gasteiger charge is -2.02. The quantitative estimate of drug-likeness (QED) is 0.707. The number of fused-ring (bicyclic) bond motifs is 2. The number of halogens is 1. The van der Waals surface area contributed by atoms with Crippen molar-refractivity contribution in [2.45, 2.75) is 6.92 Å². The van der Waals surface area contributed by atoms with Crippen LogP contribution < -0.4 is 9.47 Å². The molecule has 0 spiro atoms. The van der Waals surface area contributed by atoms with Crippen LogP contribution in [0.1, 0.15) is 17.0 Å². The molecule has 1 N–H and O–H groups in total. The number of imidazole rings is 1. The molecule has 0 aliphatic carbocycles. The van der Waals surface area contributed by atoms with Gasteiger partial charge in [0.25, 0.3) is 0 Å². The third-order valence-electron chi connectivity index (χ3n) is 3.80. The van der Waals surface area contributed by atoms with Crippen molar-refractivity contribution < 1.29 is 9.47 Å². The number of rotatable bonds is 2. The number of allylic oxidation sites excluding steroid dienone is 1. The number of ether oxygens (including phenoxy) is 2. The van der Waals surface area contributed by atoms with E-state index in [1.807, 2.05) is 25.1 Å². The fraction of sp³-hybridized carbons (Fsp3) is 0.111. The Morgan fingerprint density at radius 1 is 1.29 bits per heavy atom. The summed E-state index contributed by atoms with van der Waals surface area (Å²) >= 11 is 6.28. The molecule has 2 aromatic carbocycles. The van der Waals surface area contributed by atoms with Gasteiger partial charge in [0.05, 0.1) is 21.6 Å². The van der Waals surface area contributed by atoms with E-state index in [1.165, 1.54) is 0 Å². The van der Waals surface area contributed by atoms with Crippen molar-refractivity contribution in [2.24, 2.45) is 0 Å². The Kier molecular flexibility index (Phi) is 3.40. The van der Waals surface area contributed by atoms with E-state index in [0.29, 0.717) is 33.5 Å². The second-order valence-corrected chi connectivity index (χ2v) is 5.91. The zero-order chi connectivity index (χ0) is 16.7. The van der Waals surface area contributed by atoms with Gasteiger partial charge < -0.3 is 14.5 Å². The van der Waals surface area contributed by atoms with Crippen molar-refractivity contribution in [3.8, 4) is 17.6 Å². The molecule has 4 rings (SSSR count). The molecular formula is C18H12ClN3O2. The largest absolute Gasteiger partial charge is 0.454 e. The van der Waals surface area contributed by atoms with Gasteiger partial charge in [0.15, 0.2) is 11.5 Å². The lowest BCUT2D eigenvalue weighted by molar-refractivity contribution is 0.174. The van der Waals surface area contributed by atoms with Crippen molar-refractivity contribution in [3.63, 3.8) is 0 Å². The van der Waals surface area contributed by atoms with Crippen molar-refractivity contribution in [1.29, 1.82) is 5.26 Å². The first-order valence-electron chi connectivity index (χ1n) is 7.32. The number of aromatic nitrogens is 2. The molecule has 0 fully saturated rings. The van der Waals surface area contributed by atoms with Crippen molar-refractivity contribution >= 4 is 34.3 Å². The molecular weight excluding hydrogens is 326 g/mol. The van der Waals surface area contributed by atoms with Gasteiger partial charge in [-0.3, -0.25) is 0 Å². The van der Waals surface area contributed by atoms with Gasteiger partial charge in [0, 0.05) is 6.07 Å². The molecule has 0 bridgehead atoms. The predicted molar refractivity (Wildman–Crippen MR) is 91.9 cm³/mol. The minimum atomic E-state index is 0.173. The molecule has 0 radical (unpaired) electrons. The van der Waals surface area contributed by atoms with Crippen LogP contribution in [0.25, 0.3) is 22.7 Å². The molecule has 0 amide bonds. The molecule has 1 aromatic heterocycles. The monoisotopic (exact) mass is 337 g/mol. The van der Waals surface area contributed by atoms with Gasteiger partial charge in [-0.2, -0.15) is 5.26 Å². The van der Waals surface area contributed by atoms with Crippen LogP contribution in [0.3, 0.4) is 0 Å². The summed E-state index contributed by atoms with van der Waals surface area (Å²) in [6.07, 6.45) is 1.69. The molecule has 0 atom stereocenters. The standard InChI is InChI=1S/C18H12ClN3O2/c1-10-2-3-14-15(4-10)22-18(21-14)12(8-20)5-11-6-16-17(7-13(11)19)24-9-23-16/h2-7H,9H2,1H3,(H,21,22)/b12-5-. The number of benzene rings is 2. The molecule has 2 heterocycles. The number of aryl methyl sites for hydroxylation is 1. The van der Waals surface area contributed by atoms with Gasteiger partial charge in [0.1, 0.15) is 11.9 Å². The van der Waals surface area contributed by atoms with Gasteiger partial charge in [-0.25, -0.2) is 4.98 Å². The first-order chi connectivity index (χ1) is 11.6. The highest BCUT2D eigenvalue weighted by Crippen LogP contribution is 2.38. The molecule has 1 aliphatic rings. The number of H-pyrrole nitrogens is 1. The Morgan fingerprint density at radius 3 is 2.88 bits per heavy atom. The number of aromatic amines is 1. The highest BCUT2D eigenvalue weighted by Gasteiger charge is 2.17. The van der Waals surface area contributed by atoms with Gasteiger partial charge in [-0.15, -0.1) is 0 Å². The van der Waals surface area contributed by atoms with Crippen molar-refractivity contribution in [3.05, 3.63) is 52.3 Å². The van der Waals surface area contributed by atoms with Crippen LogP contribution in [0.4, 0.5) is 0 Å². The first-order valence-corrected chi connectivity index (χ1v) is 7.69. The van der Waals surface area contributed by atoms with E-state index in [-0.39, 0.29) is 6.79 Å². The number of nitrogens with zero attached hydrogens (tertiary/aromatic N) is 2. The number of nitrogens with one attached hydrogen (secondary N) is 1. The topological polar surface area (TPSA) is 70.9 Å². The Balaban J connectivity index is 1.80. The minimum Gasteiger partial charge on any atom is -0.454 e. The van der Waals surface area contributed by atoms with Crippen LogP contribution in [-0.2, 0) is 0 Å². The second-order valence-electron chi connectivity index (χ2n) is 5.50. The summed E-state index contributed by atoms with van der Waals surface area (Å²) in [5.41, 5.74) is 3.90. The van der Waals surface area contributed by atoms with E-state index in [4.69, 9.17) is 21.1 Å². The summed E-state index contributed by atoms with van der Waals surface area (Å²) < 4.78 is 10.7. The van der Waals surface area contributed by atoms with Crippen LogP contribution in [0, 0.1) is 18.3 Å². The van der Waals surface area contributed by atoms with Gasteiger partial charge >= 0.3 is 0 Å². The molecule has 6 heteroatoms. The lowest BCUT2D eigenvalue weighted by atomic mass is 10.1. The SMILES string of the molecule is Cc1ccc2nc(/C(C#N)=C\c3cc4c(cc3Cl)OCO4)[nH]c2c1. The van der Waals surface area contributed by atoms with Crippen LogP contribution in [-0.4, -0.2) is 16.8 Å². The summed E-state index contributed by atoms with van der Waals surface area (Å²) in [6, 6.07) is 11.5. The van der Waals surface area contributed by atoms with Crippen LogP contribution in [0.2, 0.25) is 5.02 Å². The second kappa shape index (κ2) is 5.59. The molecule has 0 saturated carbocycles. The smallest absolute Gasteiger partial charge is 0.231 e. The van der Waals surface area contributed by atoms with E-state index in [9.17, 15) is 5.26 Å². The van der Waals surface area contributed by atoms with Gasteiger partial charge in [0.2, 0.25) is 6.79 Å². The zero-order valence-electron chi connectivity index (χ0n) is 12.8.